The number of aromatic amines is 1. The lowest BCUT2D eigenvalue weighted by atomic mass is 10.1. The Bertz CT molecular complexity index is 623. The molecule has 0 bridgehead atoms. The second-order valence-electron chi connectivity index (χ2n) is 5.35. The Balaban J connectivity index is 2.14. The highest BCUT2D eigenvalue weighted by Gasteiger charge is 2.20. The second-order valence-corrected chi connectivity index (χ2v) is 5.35. The average molecular weight is 308 g/mol. The summed E-state index contributed by atoms with van der Waals surface area (Å²) in [6, 6.07) is 1.62. The fourth-order valence-corrected chi connectivity index (χ4v) is 2.57. The van der Waals surface area contributed by atoms with Crippen LogP contribution in [0.5, 0.6) is 0 Å². The number of carbonyl (C=O) groups is 2. The number of hydrogen-bond acceptors (Lipinski definition) is 4. The van der Waals surface area contributed by atoms with E-state index in [-0.39, 0.29) is 12.1 Å². The van der Waals surface area contributed by atoms with E-state index in [2.05, 4.69) is 10.3 Å². The number of aryl methyl sites for hydroxylation is 2. The summed E-state index contributed by atoms with van der Waals surface area (Å²) < 4.78 is 4.74. The summed E-state index contributed by atoms with van der Waals surface area (Å²) in [6.45, 7) is -0.193. The van der Waals surface area contributed by atoms with Crippen LogP contribution >= 0.6 is 0 Å². The molecule has 7 heteroatoms. The van der Waals surface area contributed by atoms with Crippen LogP contribution in [0.25, 0.3) is 0 Å². The van der Waals surface area contributed by atoms with E-state index < -0.39 is 23.5 Å². The van der Waals surface area contributed by atoms with E-state index in [0.29, 0.717) is 0 Å². The van der Waals surface area contributed by atoms with Crippen molar-refractivity contribution < 1.29 is 19.4 Å². The van der Waals surface area contributed by atoms with Gasteiger partial charge in [-0.3, -0.25) is 9.59 Å². The van der Waals surface area contributed by atoms with Gasteiger partial charge in [0.1, 0.15) is 5.56 Å². The lowest BCUT2D eigenvalue weighted by Crippen LogP contribution is -2.39. The number of carboxylic acids is 1. The molecule has 0 saturated carbocycles. The average Bonchev–Trinajstić information content (AvgIpc) is 2.71. The van der Waals surface area contributed by atoms with E-state index in [1.807, 2.05) is 0 Å². The summed E-state index contributed by atoms with van der Waals surface area (Å²) in [5, 5.41) is 11.3. The van der Waals surface area contributed by atoms with Gasteiger partial charge in [0.05, 0.1) is 6.54 Å². The van der Waals surface area contributed by atoms with Crippen LogP contribution in [0.3, 0.4) is 0 Å². The number of nitrogens with one attached hydrogen (secondary N) is 2. The predicted molar refractivity (Wildman–Crippen MR) is 79.1 cm³/mol. The molecule has 0 spiro atoms. The van der Waals surface area contributed by atoms with Gasteiger partial charge in [-0.15, -0.1) is 0 Å². The summed E-state index contributed by atoms with van der Waals surface area (Å²) in [4.78, 5) is 37.7. The van der Waals surface area contributed by atoms with Crippen LogP contribution in [0.4, 0.5) is 0 Å². The van der Waals surface area contributed by atoms with Crippen LogP contribution in [0.15, 0.2) is 10.9 Å². The maximum absolute atomic E-state index is 12.1. The number of aliphatic carboxylic acids is 1. The molecule has 1 atom stereocenters. The van der Waals surface area contributed by atoms with Gasteiger partial charge >= 0.3 is 5.97 Å². The second kappa shape index (κ2) is 7.22. The van der Waals surface area contributed by atoms with Crippen LogP contribution in [0.1, 0.15) is 40.9 Å². The summed E-state index contributed by atoms with van der Waals surface area (Å²) >= 11 is 0. The maximum atomic E-state index is 12.1. The first-order valence-electron chi connectivity index (χ1n) is 7.31. The molecule has 0 aliphatic heterocycles. The number of aromatic nitrogens is 1. The molecule has 1 aromatic heterocycles. The van der Waals surface area contributed by atoms with Crippen molar-refractivity contribution in [1.29, 1.82) is 0 Å². The van der Waals surface area contributed by atoms with Crippen LogP contribution in [0.2, 0.25) is 0 Å². The molecule has 1 aliphatic rings. The molecule has 1 aromatic rings. The molecule has 1 unspecified atom stereocenters. The first-order chi connectivity index (χ1) is 10.5. The number of fused-ring (bicyclic) bond motifs is 1. The molecule has 1 aliphatic carbocycles. The van der Waals surface area contributed by atoms with Gasteiger partial charge in [-0.1, -0.05) is 6.42 Å². The molecule has 0 aromatic carbocycles. The van der Waals surface area contributed by atoms with Crippen LogP contribution in [0, 0.1) is 0 Å². The number of H-pyrrole nitrogens is 1. The molecule has 0 fully saturated rings. The van der Waals surface area contributed by atoms with E-state index in [9.17, 15) is 14.4 Å². The largest absolute Gasteiger partial charge is 0.479 e. The Morgan fingerprint density at radius 2 is 2.09 bits per heavy atom. The van der Waals surface area contributed by atoms with Crippen molar-refractivity contribution in [3.63, 3.8) is 0 Å². The van der Waals surface area contributed by atoms with Crippen molar-refractivity contribution in [2.24, 2.45) is 0 Å². The van der Waals surface area contributed by atoms with E-state index in [1.165, 1.54) is 7.11 Å². The maximum Gasteiger partial charge on any atom is 0.334 e. The highest BCUT2D eigenvalue weighted by atomic mass is 16.5. The first-order valence-corrected chi connectivity index (χ1v) is 7.31. The highest BCUT2D eigenvalue weighted by molar-refractivity contribution is 5.94. The lowest BCUT2D eigenvalue weighted by Gasteiger charge is -2.12. The van der Waals surface area contributed by atoms with Gasteiger partial charge in [0.25, 0.3) is 11.5 Å². The fourth-order valence-electron chi connectivity index (χ4n) is 2.57. The number of carbonyl (C=O) groups excluding carboxylic acids is 1. The van der Waals surface area contributed by atoms with E-state index in [1.54, 1.807) is 6.07 Å². The minimum atomic E-state index is -1.17. The Morgan fingerprint density at radius 3 is 2.77 bits per heavy atom. The van der Waals surface area contributed by atoms with Crippen molar-refractivity contribution >= 4 is 11.9 Å². The number of rotatable bonds is 5. The third-order valence-electron chi connectivity index (χ3n) is 3.84. The highest BCUT2D eigenvalue weighted by Crippen LogP contribution is 2.18. The molecule has 0 radical (unpaired) electrons. The minimum absolute atomic E-state index is 0.0147. The number of carboxylic acid groups (broad SMARTS) is 1. The summed E-state index contributed by atoms with van der Waals surface area (Å²) in [7, 11) is 1.25. The van der Waals surface area contributed by atoms with Gasteiger partial charge in [-0.05, 0) is 37.3 Å². The Hall–Kier alpha value is -2.15. The Labute approximate surface area is 127 Å². The lowest BCUT2D eigenvalue weighted by molar-refractivity contribution is -0.148. The third kappa shape index (κ3) is 3.73. The summed E-state index contributed by atoms with van der Waals surface area (Å²) in [5.41, 5.74) is 1.46. The SMILES string of the molecule is COC(CNC(=O)c1cc2c([nH]c1=O)CCCCC2)C(=O)O. The molecule has 1 heterocycles. The quantitative estimate of drug-likeness (QED) is 0.685. The fraction of sp³-hybridized carbons (Fsp3) is 0.533. The third-order valence-corrected chi connectivity index (χ3v) is 3.84. The number of methoxy groups -OCH3 is 1. The standard InChI is InChI=1S/C15H20N2O5/c1-22-12(15(20)21)8-16-13(18)10-7-9-5-3-2-4-6-11(9)17-14(10)19/h7,12H,2-6,8H2,1H3,(H,16,18)(H,17,19)(H,20,21). The molecule has 0 saturated heterocycles. The number of pyridine rings is 1. The molecule has 3 N–H and O–H groups in total. The van der Waals surface area contributed by atoms with Crippen LogP contribution < -0.4 is 10.9 Å². The molecule has 22 heavy (non-hydrogen) atoms. The first kappa shape index (κ1) is 16.2. The van der Waals surface area contributed by atoms with Crippen molar-refractivity contribution in [3.8, 4) is 0 Å². The predicted octanol–water partition coefficient (Wildman–Crippen LogP) is 0.473. The van der Waals surface area contributed by atoms with Gasteiger partial charge in [-0.2, -0.15) is 0 Å². The zero-order valence-corrected chi connectivity index (χ0v) is 12.5. The topological polar surface area (TPSA) is 108 Å². The molecule has 2 rings (SSSR count). The van der Waals surface area contributed by atoms with Gasteiger partial charge in [0.2, 0.25) is 0 Å². The molecular formula is C15H20N2O5. The van der Waals surface area contributed by atoms with Crippen molar-refractivity contribution in [3.05, 3.63) is 33.2 Å². The van der Waals surface area contributed by atoms with E-state index in [0.717, 1.165) is 43.4 Å². The van der Waals surface area contributed by atoms with Gasteiger partial charge < -0.3 is 20.1 Å². The van der Waals surface area contributed by atoms with Gasteiger partial charge in [0, 0.05) is 12.8 Å². The molecule has 120 valence electrons. The zero-order valence-electron chi connectivity index (χ0n) is 12.5. The molecule has 7 nitrogen and oxygen atoms in total. The van der Waals surface area contributed by atoms with Gasteiger partial charge in [0.15, 0.2) is 6.10 Å². The van der Waals surface area contributed by atoms with Crippen LogP contribution in [-0.4, -0.2) is 41.7 Å². The molecular weight excluding hydrogens is 288 g/mol. The number of ether oxygens (including phenoxy) is 1. The Kier molecular flexibility index (Phi) is 5.32. The number of amides is 1. The summed E-state index contributed by atoms with van der Waals surface area (Å²) in [6.07, 6.45) is 3.68. The van der Waals surface area contributed by atoms with Crippen molar-refractivity contribution in [1.82, 2.24) is 10.3 Å². The van der Waals surface area contributed by atoms with Crippen molar-refractivity contribution in [2.45, 2.75) is 38.2 Å². The van der Waals surface area contributed by atoms with Gasteiger partial charge in [-0.25, -0.2) is 4.79 Å². The van der Waals surface area contributed by atoms with Crippen molar-refractivity contribution in [2.75, 3.05) is 13.7 Å². The number of hydrogen-bond donors (Lipinski definition) is 3. The monoisotopic (exact) mass is 308 g/mol. The minimum Gasteiger partial charge on any atom is -0.479 e. The van der Waals surface area contributed by atoms with E-state index in [4.69, 9.17) is 9.84 Å². The van der Waals surface area contributed by atoms with E-state index >= 15 is 0 Å². The normalized spacial score (nSPS) is 15.5. The molecule has 1 amide bonds. The summed E-state index contributed by atoms with van der Waals surface area (Å²) in [5.74, 6) is -1.75. The smallest absolute Gasteiger partial charge is 0.334 e. The van der Waals surface area contributed by atoms with Crippen LogP contribution in [-0.2, 0) is 22.4 Å². The Morgan fingerprint density at radius 1 is 1.36 bits per heavy atom. The zero-order chi connectivity index (χ0) is 16.1.